The number of halogens is 1. The SMILES string of the molecule is Cc1nc(=O)n(CC(=O)c2ccccc2)c(C)c1Br. The monoisotopic (exact) mass is 320 g/mol. The molecule has 0 saturated carbocycles. The standard InChI is InChI=1S/C14H13BrN2O2/c1-9-13(15)10(2)17(14(19)16-9)8-12(18)11-6-4-3-5-7-11/h3-7H,8H2,1-2H3. The van der Waals surface area contributed by atoms with Crippen molar-refractivity contribution in [2.45, 2.75) is 20.4 Å². The van der Waals surface area contributed by atoms with Crippen molar-refractivity contribution in [1.82, 2.24) is 9.55 Å². The van der Waals surface area contributed by atoms with Crippen LogP contribution in [0.5, 0.6) is 0 Å². The number of carbonyl (C=O) groups is 1. The molecule has 0 bridgehead atoms. The van der Waals surface area contributed by atoms with Crippen LogP contribution in [0.1, 0.15) is 21.7 Å². The number of rotatable bonds is 3. The number of benzene rings is 1. The van der Waals surface area contributed by atoms with E-state index in [1.165, 1.54) is 4.57 Å². The third kappa shape index (κ3) is 2.81. The minimum absolute atomic E-state index is 0.000556. The lowest BCUT2D eigenvalue weighted by molar-refractivity contribution is 0.0969. The molecule has 19 heavy (non-hydrogen) atoms. The lowest BCUT2D eigenvalue weighted by Gasteiger charge is -2.11. The first-order valence-electron chi connectivity index (χ1n) is 5.82. The van der Waals surface area contributed by atoms with Crippen molar-refractivity contribution >= 4 is 21.7 Å². The van der Waals surface area contributed by atoms with Crippen LogP contribution in [-0.4, -0.2) is 15.3 Å². The van der Waals surface area contributed by atoms with Gasteiger partial charge in [0, 0.05) is 11.3 Å². The number of ketones is 1. The Bertz CT molecular complexity index is 678. The average molecular weight is 321 g/mol. The summed E-state index contributed by atoms with van der Waals surface area (Å²) in [6.45, 7) is 3.54. The quantitative estimate of drug-likeness (QED) is 0.816. The molecule has 0 spiro atoms. The van der Waals surface area contributed by atoms with Crippen molar-refractivity contribution in [3.63, 3.8) is 0 Å². The van der Waals surface area contributed by atoms with Crippen molar-refractivity contribution in [2.24, 2.45) is 0 Å². The molecule has 0 unspecified atom stereocenters. The summed E-state index contributed by atoms with van der Waals surface area (Å²) >= 11 is 3.38. The molecule has 0 amide bonds. The largest absolute Gasteiger partial charge is 0.348 e. The topological polar surface area (TPSA) is 52.0 Å². The summed E-state index contributed by atoms with van der Waals surface area (Å²) in [6, 6.07) is 8.91. The maximum absolute atomic E-state index is 12.1. The third-order valence-corrected chi connectivity index (χ3v) is 4.08. The van der Waals surface area contributed by atoms with Crippen molar-refractivity contribution in [2.75, 3.05) is 0 Å². The van der Waals surface area contributed by atoms with Gasteiger partial charge in [-0.25, -0.2) is 4.79 Å². The highest BCUT2D eigenvalue weighted by molar-refractivity contribution is 9.10. The normalized spacial score (nSPS) is 10.5. The van der Waals surface area contributed by atoms with Crippen LogP contribution >= 0.6 is 15.9 Å². The summed E-state index contributed by atoms with van der Waals surface area (Å²) in [4.78, 5) is 27.9. The van der Waals surface area contributed by atoms with Gasteiger partial charge in [-0.15, -0.1) is 0 Å². The highest BCUT2D eigenvalue weighted by Gasteiger charge is 2.13. The second-order valence-electron chi connectivity index (χ2n) is 4.25. The molecule has 0 aliphatic rings. The van der Waals surface area contributed by atoms with Crippen LogP contribution in [0.25, 0.3) is 0 Å². The maximum atomic E-state index is 12.1. The molecule has 0 saturated heterocycles. The van der Waals surface area contributed by atoms with Gasteiger partial charge in [0.05, 0.1) is 16.7 Å². The fraction of sp³-hybridized carbons (Fsp3) is 0.214. The van der Waals surface area contributed by atoms with E-state index in [2.05, 4.69) is 20.9 Å². The lowest BCUT2D eigenvalue weighted by Crippen LogP contribution is -2.29. The van der Waals surface area contributed by atoms with Gasteiger partial charge in [0.1, 0.15) is 0 Å². The lowest BCUT2D eigenvalue weighted by atomic mass is 10.1. The fourth-order valence-electron chi connectivity index (χ4n) is 1.82. The van der Waals surface area contributed by atoms with E-state index in [0.717, 1.165) is 4.47 Å². The van der Waals surface area contributed by atoms with Gasteiger partial charge >= 0.3 is 5.69 Å². The average Bonchev–Trinajstić information content (AvgIpc) is 2.42. The zero-order chi connectivity index (χ0) is 14.0. The van der Waals surface area contributed by atoms with E-state index in [4.69, 9.17) is 0 Å². The van der Waals surface area contributed by atoms with Crippen molar-refractivity contribution in [3.8, 4) is 0 Å². The molecule has 2 aromatic rings. The molecular formula is C14H13BrN2O2. The Morgan fingerprint density at radius 2 is 1.89 bits per heavy atom. The van der Waals surface area contributed by atoms with E-state index in [1.54, 1.807) is 38.1 Å². The molecule has 1 heterocycles. The summed E-state index contributed by atoms with van der Waals surface area (Å²) < 4.78 is 2.14. The highest BCUT2D eigenvalue weighted by Crippen LogP contribution is 2.17. The predicted octanol–water partition coefficient (Wildman–Crippen LogP) is 2.51. The van der Waals surface area contributed by atoms with Crippen LogP contribution in [0.15, 0.2) is 39.6 Å². The highest BCUT2D eigenvalue weighted by atomic mass is 79.9. The molecule has 4 nitrogen and oxygen atoms in total. The maximum Gasteiger partial charge on any atom is 0.348 e. The number of hydrogen-bond acceptors (Lipinski definition) is 3. The van der Waals surface area contributed by atoms with E-state index in [0.29, 0.717) is 17.0 Å². The van der Waals surface area contributed by atoms with Crippen LogP contribution in [0.2, 0.25) is 0 Å². The summed E-state index contributed by atoms with van der Waals surface area (Å²) in [5, 5.41) is 0. The smallest absolute Gasteiger partial charge is 0.292 e. The molecule has 5 heteroatoms. The molecular weight excluding hydrogens is 308 g/mol. The minimum atomic E-state index is -0.400. The molecule has 0 fully saturated rings. The minimum Gasteiger partial charge on any atom is -0.292 e. The van der Waals surface area contributed by atoms with E-state index in [1.807, 2.05) is 6.07 Å². The summed E-state index contributed by atoms with van der Waals surface area (Å²) in [7, 11) is 0. The summed E-state index contributed by atoms with van der Waals surface area (Å²) in [6.07, 6.45) is 0. The Hall–Kier alpha value is -1.75. The zero-order valence-electron chi connectivity index (χ0n) is 10.7. The van der Waals surface area contributed by atoms with Crippen LogP contribution in [0.3, 0.4) is 0 Å². The molecule has 0 N–H and O–H groups in total. The van der Waals surface area contributed by atoms with E-state index in [-0.39, 0.29) is 12.3 Å². The number of aryl methyl sites for hydroxylation is 1. The first-order valence-corrected chi connectivity index (χ1v) is 6.62. The Morgan fingerprint density at radius 1 is 1.26 bits per heavy atom. The summed E-state index contributed by atoms with van der Waals surface area (Å²) in [5.74, 6) is -0.108. The fourth-order valence-corrected chi connectivity index (χ4v) is 2.12. The van der Waals surface area contributed by atoms with E-state index >= 15 is 0 Å². The number of Topliss-reactive ketones (excluding diaryl/α,β-unsaturated/α-hetero) is 1. The van der Waals surface area contributed by atoms with Gasteiger partial charge in [-0.05, 0) is 29.8 Å². The van der Waals surface area contributed by atoms with E-state index < -0.39 is 5.69 Å². The third-order valence-electron chi connectivity index (χ3n) is 2.93. The van der Waals surface area contributed by atoms with Crippen molar-refractivity contribution in [1.29, 1.82) is 0 Å². The first-order chi connectivity index (χ1) is 9.00. The van der Waals surface area contributed by atoms with Crippen molar-refractivity contribution in [3.05, 3.63) is 62.2 Å². The Balaban J connectivity index is 2.38. The number of hydrogen-bond donors (Lipinski definition) is 0. The van der Waals surface area contributed by atoms with Gasteiger partial charge in [-0.1, -0.05) is 30.3 Å². The number of carbonyl (C=O) groups excluding carboxylic acids is 1. The molecule has 0 aliphatic carbocycles. The summed E-state index contributed by atoms with van der Waals surface area (Å²) in [5.41, 5.74) is 1.53. The van der Waals surface area contributed by atoms with Gasteiger partial charge in [-0.3, -0.25) is 9.36 Å². The van der Waals surface area contributed by atoms with Crippen LogP contribution in [-0.2, 0) is 6.54 Å². The van der Waals surface area contributed by atoms with Gasteiger partial charge in [0.15, 0.2) is 5.78 Å². The number of aromatic nitrogens is 2. The second-order valence-corrected chi connectivity index (χ2v) is 5.05. The van der Waals surface area contributed by atoms with Crippen LogP contribution in [0.4, 0.5) is 0 Å². The Morgan fingerprint density at radius 3 is 2.53 bits per heavy atom. The Kier molecular flexibility index (Phi) is 3.95. The molecule has 0 radical (unpaired) electrons. The molecule has 2 rings (SSSR count). The number of nitrogens with zero attached hydrogens (tertiary/aromatic N) is 2. The van der Waals surface area contributed by atoms with Crippen LogP contribution in [0, 0.1) is 13.8 Å². The van der Waals surface area contributed by atoms with Gasteiger partial charge in [-0.2, -0.15) is 4.98 Å². The van der Waals surface area contributed by atoms with Gasteiger partial charge in [0.2, 0.25) is 0 Å². The molecule has 1 aromatic carbocycles. The first kappa shape index (κ1) is 13.7. The van der Waals surface area contributed by atoms with Crippen molar-refractivity contribution < 1.29 is 4.79 Å². The Labute approximate surface area is 119 Å². The molecule has 0 atom stereocenters. The van der Waals surface area contributed by atoms with Gasteiger partial charge < -0.3 is 0 Å². The van der Waals surface area contributed by atoms with Crippen LogP contribution < -0.4 is 5.69 Å². The molecule has 1 aromatic heterocycles. The predicted molar refractivity (Wildman–Crippen MR) is 76.4 cm³/mol. The zero-order valence-corrected chi connectivity index (χ0v) is 12.3. The molecule has 0 aliphatic heterocycles. The van der Waals surface area contributed by atoms with E-state index in [9.17, 15) is 9.59 Å². The molecule has 98 valence electrons. The van der Waals surface area contributed by atoms with Gasteiger partial charge in [0.25, 0.3) is 0 Å². The second kappa shape index (κ2) is 5.48.